The molecule has 116 valence electrons. The summed E-state index contributed by atoms with van der Waals surface area (Å²) >= 11 is 0. The minimum absolute atomic E-state index is 0.181. The van der Waals surface area contributed by atoms with Gasteiger partial charge in [-0.05, 0) is 30.7 Å². The van der Waals surface area contributed by atoms with Crippen LogP contribution in [-0.4, -0.2) is 18.9 Å². The molecule has 0 saturated heterocycles. The molecule has 0 atom stereocenters. The van der Waals surface area contributed by atoms with Gasteiger partial charge in [-0.25, -0.2) is 4.99 Å². The lowest BCUT2D eigenvalue weighted by molar-refractivity contribution is -0.115. The number of nitrogens with zero attached hydrogens (tertiary/aromatic N) is 1. The summed E-state index contributed by atoms with van der Waals surface area (Å²) in [7, 11) is 1.62. The summed E-state index contributed by atoms with van der Waals surface area (Å²) in [6, 6.07) is 15.8. The highest BCUT2D eigenvalue weighted by Gasteiger charge is 2.20. The third-order valence-electron chi connectivity index (χ3n) is 3.64. The largest absolute Gasteiger partial charge is 0.496 e. The van der Waals surface area contributed by atoms with Crippen molar-refractivity contribution in [2.45, 2.75) is 13.3 Å². The Morgan fingerprint density at radius 3 is 2.70 bits per heavy atom. The molecule has 2 aromatic rings. The van der Waals surface area contributed by atoms with Gasteiger partial charge in [-0.2, -0.15) is 0 Å². The average molecular weight is 306 g/mol. The second-order valence-corrected chi connectivity index (χ2v) is 5.45. The third-order valence-corrected chi connectivity index (χ3v) is 3.64. The Bertz CT molecular complexity index is 792. The number of hydrogen-bond donors (Lipinski definition) is 1. The summed E-state index contributed by atoms with van der Waals surface area (Å²) < 4.78 is 5.34. The van der Waals surface area contributed by atoms with Gasteiger partial charge in [-0.1, -0.05) is 42.0 Å². The smallest absolute Gasteiger partial charge is 0.275 e. The predicted octanol–water partition coefficient (Wildman–Crippen LogP) is 3.12. The van der Waals surface area contributed by atoms with Crippen molar-refractivity contribution >= 4 is 17.8 Å². The lowest BCUT2D eigenvalue weighted by atomic mass is 10.1. The van der Waals surface area contributed by atoms with E-state index in [4.69, 9.17) is 4.74 Å². The minimum Gasteiger partial charge on any atom is -0.496 e. The van der Waals surface area contributed by atoms with Crippen LogP contribution in [0.25, 0.3) is 6.08 Å². The van der Waals surface area contributed by atoms with Crippen LogP contribution in [0, 0.1) is 6.92 Å². The van der Waals surface area contributed by atoms with Gasteiger partial charge in [-0.15, -0.1) is 0 Å². The maximum absolute atomic E-state index is 12.1. The lowest BCUT2D eigenvalue weighted by Crippen LogP contribution is -2.25. The van der Waals surface area contributed by atoms with Crippen molar-refractivity contribution in [3.8, 4) is 5.75 Å². The molecule has 0 spiro atoms. The number of methoxy groups -OCH3 is 1. The van der Waals surface area contributed by atoms with Crippen molar-refractivity contribution in [1.29, 1.82) is 0 Å². The van der Waals surface area contributed by atoms with E-state index in [1.165, 1.54) is 0 Å². The standard InChI is InChI=1S/C19H18N2O2/c1-13-8-9-17(23-2)15(10-13)12-16-19(22)21-18(20-16)11-14-6-4-3-5-7-14/h3-10,12H,11H2,1-2H3,(H,20,21,22)/b16-12+. The van der Waals surface area contributed by atoms with E-state index in [-0.39, 0.29) is 5.91 Å². The first kappa shape index (κ1) is 15.0. The van der Waals surface area contributed by atoms with Crippen LogP contribution in [0.4, 0.5) is 0 Å². The Morgan fingerprint density at radius 1 is 1.17 bits per heavy atom. The molecule has 1 aliphatic rings. The summed E-state index contributed by atoms with van der Waals surface area (Å²) in [4.78, 5) is 16.6. The Balaban J connectivity index is 1.88. The zero-order valence-electron chi connectivity index (χ0n) is 13.2. The van der Waals surface area contributed by atoms with E-state index in [2.05, 4.69) is 10.3 Å². The fourth-order valence-corrected chi connectivity index (χ4v) is 2.50. The molecule has 2 aromatic carbocycles. The molecule has 0 bridgehead atoms. The molecule has 4 heteroatoms. The summed E-state index contributed by atoms with van der Waals surface area (Å²) in [5.74, 6) is 1.21. The van der Waals surface area contributed by atoms with Crippen molar-refractivity contribution in [2.75, 3.05) is 7.11 Å². The third kappa shape index (κ3) is 3.48. The minimum atomic E-state index is -0.181. The highest BCUT2D eigenvalue weighted by molar-refractivity contribution is 6.14. The van der Waals surface area contributed by atoms with Gasteiger partial charge in [0.25, 0.3) is 5.91 Å². The van der Waals surface area contributed by atoms with Crippen LogP contribution >= 0.6 is 0 Å². The van der Waals surface area contributed by atoms with Crippen LogP contribution in [-0.2, 0) is 11.2 Å². The summed E-state index contributed by atoms with van der Waals surface area (Å²) in [5, 5.41) is 2.83. The molecule has 0 fully saturated rings. The maximum Gasteiger partial charge on any atom is 0.275 e. The zero-order chi connectivity index (χ0) is 16.2. The normalized spacial score (nSPS) is 15.5. The molecule has 3 rings (SSSR count). The number of carbonyl (C=O) groups is 1. The molecule has 0 radical (unpaired) electrons. The Kier molecular flexibility index (Phi) is 4.24. The number of rotatable bonds is 4. The number of carbonyl (C=O) groups excluding carboxylic acids is 1. The van der Waals surface area contributed by atoms with Gasteiger partial charge in [0.2, 0.25) is 0 Å². The summed E-state index contributed by atoms with van der Waals surface area (Å²) in [6.07, 6.45) is 2.37. The van der Waals surface area contributed by atoms with Crippen LogP contribution in [0.5, 0.6) is 5.75 Å². The van der Waals surface area contributed by atoms with E-state index >= 15 is 0 Å². The van der Waals surface area contributed by atoms with Crippen LogP contribution in [0.1, 0.15) is 16.7 Å². The molecule has 23 heavy (non-hydrogen) atoms. The number of ether oxygens (including phenoxy) is 1. The molecule has 1 aliphatic heterocycles. The van der Waals surface area contributed by atoms with Crippen molar-refractivity contribution in [1.82, 2.24) is 5.32 Å². The van der Waals surface area contributed by atoms with Crippen LogP contribution < -0.4 is 10.1 Å². The summed E-state index contributed by atoms with van der Waals surface area (Å²) in [5.41, 5.74) is 3.47. The number of aliphatic imine (C=N–C) groups is 1. The van der Waals surface area contributed by atoms with E-state index in [0.717, 1.165) is 22.4 Å². The lowest BCUT2D eigenvalue weighted by Gasteiger charge is -2.05. The molecule has 0 saturated carbocycles. The SMILES string of the molecule is COc1ccc(C)cc1/C=C1/N=C(Cc2ccccc2)NC1=O. The van der Waals surface area contributed by atoms with Gasteiger partial charge >= 0.3 is 0 Å². The number of nitrogens with one attached hydrogen (secondary N) is 1. The van der Waals surface area contributed by atoms with Crippen molar-refractivity contribution < 1.29 is 9.53 Å². The number of benzene rings is 2. The first-order chi connectivity index (χ1) is 11.2. The first-order valence-corrected chi connectivity index (χ1v) is 7.45. The molecule has 0 aliphatic carbocycles. The second-order valence-electron chi connectivity index (χ2n) is 5.45. The van der Waals surface area contributed by atoms with E-state index < -0.39 is 0 Å². The number of hydrogen-bond acceptors (Lipinski definition) is 3. The fourth-order valence-electron chi connectivity index (χ4n) is 2.50. The van der Waals surface area contributed by atoms with E-state index in [1.807, 2.05) is 55.5 Å². The van der Waals surface area contributed by atoms with Gasteiger partial charge in [-0.3, -0.25) is 4.79 Å². The van der Waals surface area contributed by atoms with Gasteiger partial charge in [0.05, 0.1) is 7.11 Å². The van der Waals surface area contributed by atoms with Gasteiger partial charge in [0.1, 0.15) is 17.3 Å². The number of amidine groups is 1. The molecule has 0 aromatic heterocycles. The molecule has 1 amide bonds. The topological polar surface area (TPSA) is 50.7 Å². The van der Waals surface area contributed by atoms with Crippen LogP contribution in [0.2, 0.25) is 0 Å². The van der Waals surface area contributed by atoms with Gasteiger partial charge < -0.3 is 10.1 Å². The van der Waals surface area contributed by atoms with Crippen LogP contribution in [0.3, 0.4) is 0 Å². The van der Waals surface area contributed by atoms with Crippen molar-refractivity contribution in [3.05, 3.63) is 70.9 Å². The highest BCUT2D eigenvalue weighted by Crippen LogP contribution is 2.24. The molecule has 4 nitrogen and oxygen atoms in total. The molecular formula is C19H18N2O2. The highest BCUT2D eigenvalue weighted by atomic mass is 16.5. The monoisotopic (exact) mass is 306 g/mol. The van der Waals surface area contributed by atoms with Gasteiger partial charge in [0.15, 0.2) is 0 Å². The predicted molar refractivity (Wildman–Crippen MR) is 91.4 cm³/mol. The van der Waals surface area contributed by atoms with E-state index in [0.29, 0.717) is 18.0 Å². The van der Waals surface area contributed by atoms with Crippen molar-refractivity contribution in [3.63, 3.8) is 0 Å². The number of aryl methyl sites for hydroxylation is 1. The van der Waals surface area contributed by atoms with Crippen molar-refractivity contribution in [2.24, 2.45) is 4.99 Å². The second kappa shape index (κ2) is 6.48. The fraction of sp³-hybridized carbons (Fsp3) is 0.158. The summed E-state index contributed by atoms with van der Waals surface area (Å²) in [6.45, 7) is 2.00. The van der Waals surface area contributed by atoms with Gasteiger partial charge in [0, 0.05) is 12.0 Å². The van der Waals surface area contributed by atoms with E-state index in [9.17, 15) is 4.79 Å². The average Bonchev–Trinajstić information content (AvgIpc) is 2.88. The number of amides is 1. The molecule has 0 unspecified atom stereocenters. The molecular weight excluding hydrogens is 288 g/mol. The Morgan fingerprint density at radius 2 is 1.96 bits per heavy atom. The first-order valence-electron chi connectivity index (χ1n) is 7.45. The zero-order valence-corrected chi connectivity index (χ0v) is 13.2. The quantitative estimate of drug-likeness (QED) is 0.882. The Labute approximate surface area is 135 Å². The van der Waals surface area contributed by atoms with Crippen LogP contribution in [0.15, 0.2) is 59.2 Å². The molecule has 1 N–H and O–H groups in total. The molecule has 1 heterocycles. The van der Waals surface area contributed by atoms with E-state index in [1.54, 1.807) is 13.2 Å². The Hall–Kier alpha value is -2.88. The maximum atomic E-state index is 12.1.